The molecule has 0 rings (SSSR count). The summed E-state index contributed by atoms with van der Waals surface area (Å²) >= 11 is 0. The first kappa shape index (κ1) is 0.522. The first-order valence-electron chi connectivity index (χ1n) is 3.10. The lowest BCUT2D eigenvalue weighted by molar-refractivity contribution is 0.104. The molecule has 0 spiro atoms. The van der Waals surface area contributed by atoms with E-state index in [0.717, 1.165) is 0 Å². The molecule has 2 heteroatoms. The quantitative estimate of drug-likeness (QED) is 0.437. The standard InChI is InChI=1S/C2H5FO/c1-4-2-3/h2H2,1H3/i1D3,2D2. The van der Waals surface area contributed by atoms with Crippen molar-refractivity contribution in [3.8, 4) is 0 Å². The molecular weight excluding hydrogens is 59.0 g/mol. The van der Waals surface area contributed by atoms with E-state index in [4.69, 9.17) is 6.85 Å². The Kier molecular flexibility index (Phi) is 0.377. The van der Waals surface area contributed by atoms with E-state index >= 15 is 0 Å². The maximum Gasteiger partial charge on any atom is 0.187 e. The van der Waals surface area contributed by atoms with Crippen molar-refractivity contribution in [3.05, 3.63) is 0 Å². The maximum absolute atomic E-state index is 11.6. The van der Waals surface area contributed by atoms with Gasteiger partial charge in [-0.05, 0) is 0 Å². The zero-order valence-electron chi connectivity index (χ0n) is 6.79. The van der Waals surface area contributed by atoms with Gasteiger partial charge in [0.05, 0.1) is 6.85 Å². The lowest BCUT2D eigenvalue weighted by Gasteiger charge is -1.72. The molecule has 0 unspecified atom stereocenters. The summed E-state index contributed by atoms with van der Waals surface area (Å²) in [5.41, 5.74) is 0. The molecule has 0 aliphatic heterocycles. The second-order valence-electron chi connectivity index (χ2n) is 0.179. The van der Waals surface area contributed by atoms with Gasteiger partial charge in [-0.15, -0.1) is 0 Å². The number of rotatable bonds is 1. The van der Waals surface area contributed by atoms with Crippen molar-refractivity contribution in [1.82, 2.24) is 0 Å². The molecule has 0 aromatic rings. The van der Waals surface area contributed by atoms with Crippen LogP contribution in [-0.4, -0.2) is 13.9 Å². The predicted octanol–water partition coefficient (Wildman–Crippen LogP) is 0.560. The minimum absolute atomic E-state index is 3.02. The fourth-order valence-corrected chi connectivity index (χ4v) is 0. The van der Waals surface area contributed by atoms with Crippen molar-refractivity contribution in [2.24, 2.45) is 0 Å². The van der Waals surface area contributed by atoms with E-state index in [1.54, 1.807) is 0 Å². The first-order chi connectivity index (χ1) is 3.71. The zero-order valence-corrected chi connectivity index (χ0v) is 1.79. The average molecular weight is 69.1 g/mol. The minimum atomic E-state index is -3.58. The van der Waals surface area contributed by atoms with Crippen molar-refractivity contribution >= 4 is 0 Å². The fraction of sp³-hybridized carbons (Fsp3) is 1.00. The number of ether oxygens (including phenoxy) is 1. The summed E-state index contributed by atoms with van der Waals surface area (Å²) in [6.07, 6.45) is 0. The van der Waals surface area contributed by atoms with Gasteiger partial charge in [0, 0.05) is 7.04 Å². The van der Waals surface area contributed by atoms with Crippen LogP contribution in [0.1, 0.15) is 6.85 Å². The monoisotopic (exact) mass is 69.1 g/mol. The van der Waals surface area contributed by atoms with Gasteiger partial charge in [0.25, 0.3) is 0 Å². The molecule has 0 saturated heterocycles. The molecule has 0 bridgehead atoms. The summed E-state index contributed by atoms with van der Waals surface area (Å²) < 4.78 is 45.6. The Morgan fingerprint density at radius 2 is 3.50 bits per heavy atom. The van der Waals surface area contributed by atoms with Crippen LogP contribution in [0.2, 0.25) is 0 Å². The van der Waals surface area contributed by atoms with Crippen LogP contribution in [0.3, 0.4) is 0 Å². The molecule has 0 amide bonds. The van der Waals surface area contributed by atoms with E-state index in [0.29, 0.717) is 0 Å². The largest absolute Gasteiger partial charge is 0.354 e. The van der Waals surface area contributed by atoms with E-state index in [2.05, 4.69) is 4.74 Å². The number of hydrogen-bond acceptors (Lipinski definition) is 1. The lowest BCUT2D eigenvalue weighted by Crippen LogP contribution is -1.70. The second kappa shape index (κ2) is 2.89. The highest BCUT2D eigenvalue weighted by Crippen LogP contribution is 1.58. The van der Waals surface area contributed by atoms with Gasteiger partial charge >= 0.3 is 0 Å². The van der Waals surface area contributed by atoms with E-state index in [1.165, 1.54) is 0 Å². The third kappa shape index (κ3) is 1.89. The molecule has 0 atom stereocenters. The Hall–Kier alpha value is -0.110. The van der Waals surface area contributed by atoms with Crippen molar-refractivity contribution in [2.75, 3.05) is 13.9 Å². The van der Waals surface area contributed by atoms with Crippen LogP contribution in [0.25, 0.3) is 0 Å². The topological polar surface area (TPSA) is 9.23 Å². The zero-order chi connectivity index (χ0) is 7.71. The van der Waals surface area contributed by atoms with E-state index in [9.17, 15) is 4.39 Å². The highest BCUT2D eigenvalue weighted by Gasteiger charge is 1.55. The van der Waals surface area contributed by atoms with Gasteiger partial charge in [-0.1, -0.05) is 0 Å². The molecule has 0 aliphatic carbocycles. The summed E-state index contributed by atoms with van der Waals surface area (Å²) in [7, 11) is -3.02. The van der Waals surface area contributed by atoms with Crippen molar-refractivity contribution in [1.29, 1.82) is 0 Å². The number of hydrogen-bond donors (Lipinski definition) is 0. The predicted molar refractivity (Wildman–Crippen MR) is 13.0 cm³/mol. The Balaban J connectivity index is 3.75. The van der Waals surface area contributed by atoms with Crippen LogP contribution >= 0.6 is 0 Å². The Labute approximate surface area is 31.4 Å². The van der Waals surface area contributed by atoms with E-state index in [1.807, 2.05) is 0 Å². The Bertz CT molecular complexity index is 80.1. The molecular formula is C2H5FO. The molecule has 1 nitrogen and oxygen atoms in total. The molecule has 26 valence electrons. The van der Waals surface area contributed by atoms with Crippen LogP contribution in [0.4, 0.5) is 4.39 Å². The molecule has 0 aromatic heterocycles. The van der Waals surface area contributed by atoms with Gasteiger partial charge in [0.15, 0.2) is 6.81 Å². The molecule has 0 fully saturated rings. The lowest BCUT2D eigenvalue weighted by atomic mass is 11.5. The highest BCUT2D eigenvalue weighted by atomic mass is 19.1. The molecule has 0 radical (unpaired) electrons. The van der Waals surface area contributed by atoms with Gasteiger partial charge in [-0.3, -0.25) is 0 Å². The fourth-order valence-electron chi connectivity index (χ4n) is 0. The molecule has 0 heterocycles. The van der Waals surface area contributed by atoms with Gasteiger partial charge < -0.3 is 4.74 Å². The summed E-state index contributed by atoms with van der Waals surface area (Å²) in [4.78, 5) is 0. The second-order valence-corrected chi connectivity index (χ2v) is 0.179. The van der Waals surface area contributed by atoms with Crippen molar-refractivity contribution in [3.63, 3.8) is 0 Å². The molecule has 4 heavy (non-hydrogen) atoms. The van der Waals surface area contributed by atoms with Gasteiger partial charge in [0.1, 0.15) is 0 Å². The maximum atomic E-state index is 11.6. The van der Waals surface area contributed by atoms with Gasteiger partial charge in [0.2, 0.25) is 0 Å². The SMILES string of the molecule is [2H]C([2H])([2H])OC([2H])([2H])F. The third-order valence-electron chi connectivity index (χ3n) is 0.0386. The van der Waals surface area contributed by atoms with Crippen molar-refractivity contribution in [2.45, 2.75) is 0 Å². The van der Waals surface area contributed by atoms with Gasteiger partial charge in [-0.25, -0.2) is 4.39 Å². The molecule has 0 aromatic carbocycles. The number of alkyl halides is 1. The van der Waals surface area contributed by atoms with Gasteiger partial charge in [-0.2, -0.15) is 0 Å². The third-order valence-corrected chi connectivity index (χ3v) is 0.0386. The van der Waals surface area contributed by atoms with Crippen LogP contribution in [0.15, 0.2) is 0 Å². The molecule has 0 aliphatic rings. The van der Waals surface area contributed by atoms with Crippen LogP contribution in [0, 0.1) is 0 Å². The molecule has 0 N–H and O–H groups in total. The highest BCUT2D eigenvalue weighted by molar-refractivity contribution is 3.74. The van der Waals surface area contributed by atoms with Crippen LogP contribution < -0.4 is 0 Å². The number of methoxy groups -OCH3 is 1. The Morgan fingerprint density at radius 1 is 2.75 bits per heavy atom. The average Bonchev–Trinajstić information content (AvgIpc) is 1.14. The molecule has 0 saturated carbocycles. The van der Waals surface area contributed by atoms with Crippen LogP contribution in [0.5, 0.6) is 0 Å². The van der Waals surface area contributed by atoms with Crippen LogP contribution in [-0.2, 0) is 4.74 Å². The Morgan fingerprint density at radius 3 is 3.50 bits per heavy atom. The van der Waals surface area contributed by atoms with E-state index < -0.39 is 13.9 Å². The normalized spacial score (nSPS) is 32.8. The first-order valence-corrected chi connectivity index (χ1v) is 0.597. The van der Waals surface area contributed by atoms with Crippen molar-refractivity contribution < 1.29 is 16.0 Å². The summed E-state index contributed by atoms with van der Waals surface area (Å²) in [5.74, 6) is 0. The minimum Gasteiger partial charge on any atom is -0.354 e. The summed E-state index contributed by atoms with van der Waals surface area (Å²) in [6, 6.07) is 0. The summed E-state index contributed by atoms with van der Waals surface area (Å²) in [6.45, 7) is -3.58. The smallest absolute Gasteiger partial charge is 0.187 e. The summed E-state index contributed by atoms with van der Waals surface area (Å²) in [5, 5.41) is 0. The number of halogens is 1. The van der Waals surface area contributed by atoms with E-state index in [-0.39, 0.29) is 0 Å².